The molecule has 0 bridgehead atoms. The number of phosphoric acid groups is 1. The Hall–Kier alpha value is -2.30. The van der Waals surface area contributed by atoms with E-state index >= 15 is 0 Å². The van der Waals surface area contributed by atoms with Crippen LogP contribution in [0.25, 0.3) is 0 Å². The molecule has 0 saturated heterocycles. The first-order chi connectivity index (χ1) is 36.2. The Balaban J connectivity index is 4.68. The van der Waals surface area contributed by atoms with Gasteiger partial charge < -0.3 is 24.2 Å². The molecule has 0 aliphatic carbocycles. The Bertz CT molecular complexity index is 1380. The molecule has 11 nitrogen and oxygen atoms in total. The molecule has 0 aliphatic heterocycles. The highest BCUT2D eigenvalue weighted by molar-refractivity contribution is 7.47. The Kier molecular flexibility index (Phi) is 55.1. The van der Waals surface area contributed by atoms with E-state index in [0.29, 0.717) is 19.3 Å². The van der Waals surface area contributed by atoms with Crippen molar-refractivity contribution in [2.45, 2.75) is 315 Å². The van der Waals surface area contributed by atoms with Crippen molar-refractivity contribution < 1.29 is 52.2 Å². The molecular weight excluding hydrogens is 952 g/mol. The lowest BCUT2D eigenvalue weighted by molar-refractivity contribution is -0.161. The summed E-state index contributed by atoms with van der Waals surface area (Å²) in [5, 5.41) is 9.80. The lowest BCUT2D eigenvalue weighted by Crippen LogP contribution is -2.30. The van der Waals surface area contributed by atoms with Gasteiger partial charge in [-0.15, -0.1) is 0 Å². The predicted octanol–water partition coefficient (Wildman–Crippen LogP) is 18.4. The van der Waals surface area contributed by atoms with E-state index < -0.39 is 57.8 Å². The van der Waals surface area contributed by atoms with Crippen LogP contribution >= 0.6 is 7.82 Å². The van der Waals surface area contributed by atoms with E-state index in [1.165, 1.54) is 161 Å². The van der Waals surface area contributed by atoms with Crippen LogP contribution in [0, 0.1) is 0 Å². The quantitative estimate of drug-likeness (QED) is 0.0197. The lowest BCUT2D eigenvalue weighted by Gasteiger charge is -2.21. The zero-order valence-corrected chi connectivity index (χ0v) is 49.0. The van der Waals surface area contributed by atoms with Gasteiger partial charge in [-0.05, 0) is 89.9 Å². The van der Waals surface area contributed by atoms with Crippen LogP contribution in [0.5, 0.6) is 0 Å². The van der Waals surface area contributed by atoms with E-state index in [9.17, 15) is 28.9 Å². The topological polar surface area (TPSA) is 155 Å². The second-order valence-corrected chi connectivity index (χ2v) is 22.3. The monoisotopic (exact) mass is 1070 g/mol. The van der Waals surface area contributed by atoms with Crippen LogP contribution in [0.2, 0.25) is 0 Å². The van der Waals surface area contributed by atoms with Crippen molar-refractivity contribution in [2.75, 3.05) is 26.4 Å². The minimum atomic E-state index is -4.75. The first-order valence-corrected chi connectivity index (χ1v) is 32.4. The molecule has 74 heavy (non-hydrogen) atoms. The molecule has 434 valence electrons. The summed E-state index contributed by atoms with van der Waals surface area (Å²) in [4.78, 5) is 48.6. The number of carbonyl (C=O) groups excluding carboxylic acids is 3. The molecule has 0 radical (unpaired) electrons. The van der Waals surface area contributed by atoms with Crippen molar-refractivity contribution in [1.82, 2.24) is 0 Å². The summed E-state index contributed by atoms with van der Waals surface area (Å²) in [6.07, 6.45) is 59.6. The van der Waals surface area contributed by atoms with Gasteiger partial charge in [0.05, 0.1) is 19.8 Å². The zero-order valence-electron chi connectivity index (χ0n) is 48.1. The fourth-order valence-corrected chi connectivity index (χ4v) is 9.52. The predicted molar refractivity (Wildman–Crippen MR) is 307 cm³/mol. The first-order valence-electron chi connectivity index (χ1n) is 30.9. The van der Waals surface area contributed by atoms with Gasteiger partial charge in [-0.25, -0.2) is 4.57 Å². The van der Waals surface area contributed by atoms with Gasteiger partial charge in [0.25, 0.3) is 0 Å². The van der Waals surface area contributed by atoms with Crippen LogP contribution in [0.3, 0.4) is 0 Å². The molecule has 0 spiro atoms. The molecule has 0 aromatic heterocycles. The Morgan fingerprint density at radius 2 is 0.635 bits per heavy atom. The van der Waals surface area contributed by atoms with Gasteiger partial charge in [0.15, 0.2) is 6.10 Å². The summed E-state index contributed by atoms with van der Waals surface area (Å²) in [6.45, 7) is 4.63. The number of aliphatic hydroxyl groups is 1. The summed E-state index contributed by atoms with van der Waals surface area (Å²) >= 11 is 0. The number of phosphoric ester groups is 1. The van der Waals surface area contributed by atoms with Gasteiger partial charge in [-0.2, -0.15) is 0 Å². The third kappa shape index (κ3) is 54.5. The molecule has 0 aliphatic rings. The smallest absolute Gasteiger partial charge is 0.462 e. The van der Waals surface area contributed by atoms with Crippen LogP contribution in [0.15, 0.2) is 36.5 Å². The summed E-state index contributed by atoms with van der Waals surface area (Å²) < 4.78 is 39.6. The van der Waals surface area contributed by atoms with Crippen molar-refractivity contribution in [1.29, 1.82) is 0 Å². The molecule has 0 rings (SSSR count). The standard InChI is InChI=1S/C62H115O11P/c1-4-7-10-13-16-19-22-24-26-28-29-31-32-34-37-39-42-45-48-51-60(64)69-55-59(73-62(66)53-50-47-44-41-38-35-33-30-27-25-23-20-17-14-11-8-5-2)57-71-74(67,68)70-56-58(54-63)72-61(65)52-49-46-43-40-36-21-18-15-12-9-6-3/h15,18,24-27,58-59,63H,4-14,16-17,19-23,28-57H2,1-3H3,(H,67,68)/b18-15-,26-24-,27-25-. The summed E-state index contributed by atoms with van der Waals surface area (Å²) in [5.74, 6) is -1.46. The number of hydrogen-bond donors (Lipinski definition) is 2. The van der Waals surface area contributed by atoms with Crippen LogP contribution in [0.4, 0.5) is 0 Å². The average molecular weight is 1070 g/mol. The fourth-order valence-electron chi connectivity index (χ4n) is 8.74. The van der Waals surface area contributed by atoms with Gasteiger partial charge in [0.2, 0.25) is 0 Å². The highest BCUT2D eigenvalue weighted by atomic mass is 31.2. The summed E-state index contributed by atoms with van der Waals surface area (Å²) in [6, 6.07) is 0. The van der Waals surface area contributed by atoms with E-state index in [4.69, 9.17) is 23.3 Å². The second-order valence-electron chi connectivity index (χ2n) is 20.9. The maximum absolute atomic E-state index is 12.9. The average Bonchev–Trinajstić information content (AvgIpc) is 3.39. The number of esters is 3. The van der Waals surface area contributed by atoms with Crippen LogP contribution in [0.1, 0.15) is 303 Å². The highest BCUT2D eigenvalue weighted by Crippen LogP contribution is 2.43. The van der Waals surface area contributed by atoms with Gasteiger partial charge >= 0.3 is 25.7 Å². The molecule has 3 unspecified atom stereocenters. The third-order valence-electron chi connectivity index (χ3n) is 13.5. The molecular formula is C62H115O11P. The van der Waals surface area contributed by atoms with Gasteiger partial charge in [0.1, 0.15) is 12.7 Å². The Labute approximate surface area is 454 Å². The molecule has 12 heteroatoms. The van der Waals surface area contributed by atoms with Crippen LogP contribution in [-0.2, 0) is 42.2 Å². The second kappa shape index (κ2) is 56.9. The van der Waals surface area contributed by atoms with E-state index in [2.05, 4.69) is 57.2 Å². The number of unbranched alkanes of at least 4 members (excludes halogenated alkanes) is 35. The number of ether oxygens (including phenoxy) is 3. The van der Waals surface area contributed by atoms with Crippen molar-refractivity contribution >= 4 is 25.7 Å². The molecule has 0 heterocycles. The molecule has 3 atom stereocenters. The molecule has 0 amide bonds. The molecule has 0 saturated carbocycles. The number of aliphatic hydroxyl groups excluding tert-OH is 1. The van der Waals surface area contributed by atoms with Crippen molar-refractivity contribution in [2.24, 2.45) is 0 Å². The molecule has 2 N–H and O–H groups in total. The van der Waals surface area contributed by atoms with Gasteiger partial charge in [-0.3, -0.25) is 23.4 Å². The van der Waals surface area contributed by atoms with Gasteiger partial charge in [-0.1, -0.05) is 231 Å². The number of allylic oxidation sites excluding steroid dienone is 6. The third-order valence-corrected chi connectivity index (χ3v) is 14.5. The van der Waals surface area contributed by atoms with E-state index in [-0.39, 0.29) is 25.9 Å². The number of carbonyl (C=O) groups is 3. The number of rotatable bonds is 58. The summed E-state index contributed by atoms with van der Waals surface area (Å²) in [7, 11) is -4.75. The summed E-state index contributed by atoms with van der Waals surface area (Å²) in [5.41, 5.74) is 0. The highest BCUT2D eigenvalue weighted by Gasteiger charge is 2.28. The minimum Gasteiger partial charge on any atom is -0.462 e. The SMILES string of the molecule is CCCC/C=C\CCCCCCCC(=O)OC(CO)COP(=O)(O)OCC(COC(=O)CCCCCCCCCCC/C=C\CCCCCCCC)OC(=O)CCCCCCCCC/C=C\CCCCCCCC. The molecule has 0 aromatic rings. The van der Waals surface area contributed by atoms with Crippen LogP contribution < -0.4 is 0 Å². The first kappa shape index (κ1) is 71.7. The number of hydrogen-bond acceptors (Lipinski definition) is 10. The minimum absolute atomic E-state index is 0.165. The fraction of sp³-hybridized carbons (Fsp3) is 0.855. The van der Waals surface area contributed by atoms with Crippen LogP contribution in [-0.4, -0.2) is 66.5 Å². The maximum atomic E-state index is 12.9. The van der Waals surface area contributed by atoms with E-state index in [1.54, 1.807) is 0 Å². The van der Waals surface area contributed by atoms with Crippen molar-refractivity contribution in [3.05, 3.63) is 36.5 Å². The van der Waals surface area contributed by atoms with Crippen molar-refractivity contribution in [3.8, 4) is 0 Å². The molecule has 0 aromatic carbocycles. The van der Waals surface area contributed by atoms with Crippen molar-refractivity contribution in [3.63, 3.8) is 0 Å². The Morgan fingerprint density at radius 3 is 0.973 bits per heavy atom. The lowest BCUT2D eigenvalue weighted by atomic mass is 10.1. The molecule has 0 fully saturated rings. The maximum Gasteiger partial charge on any atom is 0.472 e. The largest absolute Gasteiger partial charge is 0.472 e. The van der Waals surface area contributed by atoms with Gasteiger partial charge in [0, 0.05) is 19.3 Å². The Morgan fingerprint density at radius 1 is 0.365 bits per heavy atom. The normalized spacial score (nSPS) is 13.5. The van der Waals surface area contributed by atoms with E-state index in [0.717, 1.165) is 83.5 Å². The van der Waals surface area contributed by atoms with E-state index in [1.807, 2.05) is 0 Å². The zero-order chi connectivity index (χ0) is 54.1.